The smallest absolute Gasteiger partial charge is 0.234 e. The molecule has 0 N–H and O–H groups in total. The Kier molecular flexibility index (Phi) is 2.26. The standard InChI is InChI=1S/C15H9FN4/c16-14-6-5-10(7-17-14)11-8-18-15-19-12-3-1-2-4-13(12)20(15)9-11/h1-9H. The van der Waals surface area contributed by atoms with Crippen LogP contribution in [0.15, 0.2) is 55.0 Å². The van der Waals surface area contributed by atoms with Gasteiger partial charge in [0.15, 0.2) is 0 Å². The van der Waals surface area contributed by atoms with Crippen molar-refractivity contribution in [3.05, 3.63) is 60.9 Å². The van der Waals surface area contributed by atoms with Crippen LogP contribution < -0.4 is 0 Å². The van der Waals surface area contributed by atoms with Crippen LogP contribution in [0.4, 0.5) is 4.39 Å². The van der Waals surface area contributed by atoms with Gasteiger partial charge in [0, 0.05) is 29.7 Å². The van der Waals surface area contributed by atoms with Crippen molar-refractivity contribution >= 4 is 16.8 Å². The van der Waals surface area contributed by atoms with Gasteiger partial charge < -0.3 is 0 Å². The fraction of sp³-hybridized carbons (Fsp3) is 0. The highest BCUT2D eigenvalue weighted by atomic mass is 19.1. The van der Waals surface area contributed by atoms with Crippen LogP contribution in [0, 0.1) is 5.95 Å². The molecule has 0 unspecified atom stereocenters. The minimum Gasteiger partial charge on any atom is -0.283 e. The third-order valence-electron chi connectivity index (χ3n) is 3.23. The molecule has 0 radical (unpaired) electrons. The number of pyridine rings is 1. The third kappa shape index (κ3) is 1.64. The van der Waals surface area contributed by atoms with Crippen molar-refractivity contribution in [2.24, 2.45) is 0 Å². The van der Waals surface area contributed by atoms with Gasteiger partial charge in [-0.15, -0.1) is 0 Å². The van der Waals surface area contributed by atoms with Gasteiger partial charge in [0.1, 0.15) is 0 Å². The largest absolute Gasteiger partial charge is 0.283 e. The molecule has 0 bridgehead atoms. The van der Waals surface area contributed by atoms with Crippen molar-refractivity contribution in [2.75, 3.05) is 0 Å². The highest BCUT2D eigenvalue weighted by Gasteiger charge is 2.07. The Hall–Kier alpha value is -2.82. The second-order valence-corrected chi connectivity index (χ2v) is 4.48. The Morgan fingerprint density at radius 1 is 0.900 bits per heavy atom. The molecule has 0 aliphatic rings. The fourth-order valence-corrected chi connectivity index (χ4v) is 2.25. The van der Waals surface area contributed by atoms with E-state index in [1.807, 2.05) is 34.9 Å². The van der Waals surface area contributed by atoms with Crippen molar-refractivity contribution in [1.82, 2.24) is 19.4 Å². The molecule has 3 aromatic heterocycles. The molecular formula is C15H9FN4. The molecule has 1 aromatic carbocycles. The zero-order valence-corrected chi connectivity index (χ0v) is 10.4. The Bertz CT molecular complexity index is 912. The summed E-state index contributed by atoms with van der Waals surface area (Å²) in [5.41, 5.74) is 3.58. The molecule has 4 rings (SSSR count). The minimum atomic E-state index is -0.490. The lowest BCUT2D eigenvalue weighted by molar-refractivity contribution is 0.584. The highest BCUT2D eigenvalue weighted by molar-refractivity contribution is 5.80. The fourth-order valence-electron chi connectivity index (χ4n) is 2.25. The average molecular weight is 264 g/mol. The lowest BCUT2D eigenvalue weighted by Gasteiger charge is -2.02. The van der Waals surface area contributed by atoms with E-state index in [4.69, 9.17) is 0 Å². The molecule has 4 aromatic rings. The number of hydrogen-bond acceptors (Lipinski definition) is 3. The van der Waals surface area contributed by atoms with Gasteiger partial charge in [-0.2, -0.15) is 4.39 Å². The SMILES string of the molecule is Fc1ccc(-c2cnc3nc4ccccc4n3c2)cn1. The number of imidazole rings is 1. The Labute approximate surface area is 113 Å². The topological polar surface area (TPSA) is 43.1 Å². The molecular weight excluding hydrogens is 255 g/mol. The lowest BCUT2D eigenvalue weighted by Crippen LogP contribution is -1.91. The van der Waals surface area contributed by atoms with Crippen LogP contribution in [0.25, 0.3) is 27.9 Å². The number of halogens is 1. The van der Waals surface area contributed by atoms with Crippen LogP contribution >= 0.6 is 0 Å². The molecule has 0 atom stereocenters. The maximum atomic E-state index is 12.9. The molecule has 5 heteroatoms. The van der Waals surface area contributed by atoms with Crippen LogP contribution in [-0.2, 0) is 0 Å². The molecule has 0 saturated carbocycles. The molecule has 0 aliphatic heterocycles. The summed E-state index contributed by atoms with van der Waals surface area (Å²) < 4.78 is 14.8. The molecule has 0 amide bonds. The molecule has 0 spiro atoms. The van der Waals surface area contributed by atoms with Crippen LogP contribution in [0.5, 0.6) is 0 Å². The van der Waals surface area contributed by atoms with Crippen molar-refractivity contribution < 1.29 is 4.39 Å². The molecule has 4 nitrogen and oxygen atoms in total. The Morgan fingerprint density at radius 2 is 1.75 bits per heavy atom. The van der Waals surface area contributed by atoms with Gasteiger partial charge in [0.2, 0.25) is 11.7 Å². The minimum absolute atomic E-state index is 0.490. The number of hydrogen-bond donors (Lipinski definition) is 0. The van der Waals surface area contributed by atoms with E-state index < -0.39 is 5.95 Å². The number of para-hydroxylation sites is 2. The van der Waals surface area contributed by atoms with Gasteiger partial charge >= 0.3 is 0 Å². The predicted octanol–water partition coefficient (Wildman–Crippen LogP) is 3.08. The molecule has 0 saturated heterocycles. The van der Waals surface area contributed by atoms with E-state index in [-0.39, 0.29) is 0 Å². The van der Waals surface area contributed by atoms with Crippen molar-refractivity contribution in [3.63, 3.8) is 0 Å². The first-order valence-electron chi connectivity index (χ1n) is 6.16. The van der Waals surface area contributed by atoms with E-state index in [9.17, 15) is 4.39 Å². The van der Waals surface area contributed by atoms with Gasteiger partial charge in [0.25, 0.3) is 0 Å². The summed E-state index contributed by atoms with van der Waals surface area (Å²) in [6, 6.07) is 10.9. The summed E-state index contributed by atoms with van der Waals surface area (Å²) in [7, 11) is 0. The lowest BCUT2D eigenvalue weighted by atomic mass is 10.1. The summed E-state index contributed by atoms with van der Waals surface area (Å²) in [6.07, 6.45) is 5.15. The average Bonchev–Trinajstić information content (AvgIpc) is 2.86. The molecule has 0 aliphatic carbocycles. The predicted molar refractivity (Wildman–Crippen MR) is 73.7 cm³/mol. The Balaban J connectivity index is 1.97. The summed E-state index contributed by atoms with van der Waals surface area (Å²) in [4.78, 5) is 12.5. The summed E-state index contributed by atoms with van der Waals surface area (Å²) in [5.74, 6) is 0.154. The van der Waals surface area contributed by atoms with Crippen molar-refractivity contribution in [1.29, 1.82) is 0 Å². The first kappa shape index (κ1) is 11.0. The van der Waals surface area contributed by atoms with Gasteiger partial charge in [-0.25, -0.2) is 15.0 Å². The maximum absolute atomic E-state index is 12.9. The van der Waals surface area contributed by atoms with E-state index in [1.165, 1.54) is 12.3 Å². The van der Waals surface area contributed by atoms with Crippen molar-refractivity contribution in [2.45, 2.75) is 0 Å². The van der Waals surface area contributed by atoms with Crippen LogP contribution in [-0.4, -0.2) is 19.4 Å². The maximum Gasteiger partial charge on any atom is 0.234 e. The van der Waals surface area contributed by atoms with Crippen LogP contribution in [0.2, 0.25) is 0 Å². The molecule has 0 fully saturated rings. The van der Waals surface area contributed by atoms with Crippen LogP contribution in [0.3, 0.4) is 0 Å². The molecule has 3 heterocycles. The van der Waals surface area contributed by atoms with Crippen LogP contribution in [0.1, 0.15) is 0 Å². The number of fused-ring (bicyclic) bond motifs is 3. The van der Waals surface area contributed by atoms with E-state index in [2.05, 4.69) is 15.0 Å². The van der Waals surface area contributed by atoms with Gasteiger partial charge in [-0.05, 0) is 24.3 Å². The number of rotatable bonds is 1. The summed E-state index contributed by atoms with van der Waals surface area (Å²) >= 11 is 0. The normalized spacial score (nSPS) is 11.2. The number of benzene rings is 1. The van der Waals surface area contributed by atoms with E-state index in [0.717, 1.165) is 22.2 Å². The number of nitrogens with zero attached hydrogens (tertiary/aromatic N) is 4. The quantitative estimate of drug-likeness (QED) is 0.496. The monoisotopic (exact) mass is 264 g/mol. The third-order valence-corrected chi connectivity index (χ3v) is 3.23. The molecule has 20 heavy (non-hydrogen) atoms. The second-order valence-electron chi connectivity index (χ2n) is 4.48. The summed E-state index contributed by atoms with van der Waals surface area (Å²) in [6.45, 7) is 0. The molecule has 96 valence electrons. The van der Waals surface area contributed by atoms with E-state index in [1.54, 1.807) is 12.3 Å². The van der Waals surface area contributed by atoms with Gasteiger partial charge in [-0.3, -0.25) is 4.40 Å². The zero-order chi connectivity index (χ0) is 13.5. The summed E-state index contributed by atoms with van der Waals surface area (Å²) in [5, 5.41) is 0. The number of aromatic nitrogens is 4. The zero-order valence-electron chi connectivity index (χ0n) is 10.4. The highest BCUT2D eigenvalue weighted by Crippen LogP contribution is 2.21. The van der Waals surface area contributed by atoms with E-state index in [0.29, 0.717) is 5.78 Å². The second kappa shape index (κ2) is 4.09. The first-order valence-corrected chi connectivity index (χ1v) is 6.16. The first-order chi connectivity index (χ1) is 9.81. The van der Waals surface area contributed by atoms with E-state index >= 15 is 0 Å². The van der Waals surface area contributed by atoms with Gasteiger partial charge in [0.05, 0.1) is 11.0 Å². The Morgan fingerprint density at radius 3 is 2.60 bits per heavy atom. The van der Waals surface area contributed by atoms with Crippen molar-refractivity contribution in [3.8, 4) is 11.1 Å². The van der Waals surface area contributed by atoms with Gasteiger partial charge in [-0.1, -0.05) is 12.1 Å².